The average Bonchev–Trinajstić information content (AvgIpc) is 3.06. The Morgan fingerprint density at radius 1 is 1.13 bits per heavy atom. The van der Waals surface area contributed by atoms with E-state index in [1.54, 1.807) is 13.4 Å². The molecule has 1 amide bonds. The molecule has 156 valence electrons. The number of hydrogen-bond donors (Lipinski definition) is 1. The van der Waals surface area contributed by atoms with Crippen LogP contribution in [0.2, 0.25) is 0 Å². The van der Waals surface area contributed by atoms with Crippen molar-refractivity contribution < 1.29 is 9.53 Å². The Balaban J connectivity index is 1.27. The average molecular weight is 406 g/mol. The van der Waals surface area contributed by atoms with Gasteiger partial charge in [-0.3, -0.25) is 4.79 Å². The van der Waals surface area contributed by atoms with Crippen LogP contribution in [0.15, 0.2) is 42.7 Å². The standard InChI is InChI=1S/C22H26N6O2/c1-15-10-16(2)28(26-15)21-11-20(24-14-25-21)27-12-18(13-27)22(29)23-9-8-17-4-6-19(30-3)7-5-17/h4-7,10-11,14,18H,8-9,12-13H2,1-3H3,(H,23,29). The number of carbonyl (C=O) groups excluding carboxylic acids is 1. The van der Waals surface area contributed by atoms with Crippen LogP contribution in [-0.4, -0.2) is 52.4 Å². The third kappa shape index (κ3) is 4.27. The predicted octanol–water partition coefficient (Wildman–Crippen LogP) is 2.08. The van der Waals surface area contributed by atoms with Crippen LogP contribution >= 0.6 is 0 Å². The zero-order valence-electron chi connectivity index (χ0n) is 17.5. The Morgan fingerprint density at radius 3 is 2.53 bits per heavy atom. The first-order valence-corrected chi connectivity index (χ1v) is 10.0. The zero-order valence-corrected chi connectivity index (χ0v) is 17.5. The van der Waals surface area contributed by atoms with Crippen molar-refractivity contribution in [1.29, 1.82) is 0 Å². The Kier molecular flexibility index (Phi) is 5.65. The van der Waals surface area contributed by atoms with Gasteiger partial charge < -0.3 is 15.0 Å². The van der Waals surface area contributed by atoms with Crippen LogP contribution in [0.3, 0.4) is 0 Å². The highest BCUT2D eigenvalue weighted by atomic mass is 16.5. The third-order valence-corrected chi connectivity index (χ3v) is 5.31. The molecule has 1 aliphatic rings. The summed E-state index contributed by atoms with van der Waals surface area (Å²) in [5, 5.41) is 7.51. The minimum absolute atomic E-state index is 0.0204. The number of rotatable bonds is 7. The van der Waals surface area contributed by atoms with Gasteiger partial charge >= 0.3 is 0 Å². The van der Waals surface area contributed by atoms with E-state index in [1.165, 1.54) is 5.56 Å². The lowest BCUT2D eigenvalue weighted by Crippen LogP contribution is -2.54. The van der Waals surface area contributed by atoms with E-state index in [0.717, 1.165) is 35.2 Å². The van der Waals surface area contributed by atoms with Crippen LogP contribution in [0, 0.1) is 19.8 Å². The van der Waals surface area contributed by atoms with Gasteiger partial charge in [0.15, 0.2) is 5.82 Å². The first-order valence-electron chi connectivity index (χ1n) is 10.0. The van der Waals surface area contributed by atoms with Crippen LogP contribution in [0.1, 0.15) is 17.0 Å². The van der Waals surface area contributed by atoms with Crippen molar-refractivity contribution in [2.24, 2.45) is 5.92 Å². The van der Waals surface area contributed by atoms with E-state index in [0.29, 0.717) is 19.6 Å². The number of ether oxygens (including phenoxy) is 1. The molecule has 8 heteroatoms. The monoisotopic (exact) mass is 406 g/mol. The number of amides is 1. The molecule has 1 saturated heterocycles. The van der Waals surface area contributed by atoms with Gasteiger partial charge in [0.05, 0.1) is 18.7 Å². The van der Waals surface area contributed by atoms with Gasteiger partial charge in [-0.15, -0.1) is 0 Å². The largest absolute Gasteiger partial charge is 0.497 e. The Labute approximate surface area is 175 Å². The first kappa shape index (κ1) is 19.9. The molecule has 3 heterocycles. The van der Waals surface area contributed by atoms with Crippen molar-refractivity contribution >= 4 is 11.7 Å². The molecule has 0 bridgehead atoms. The molecule has 2 aromatic heterocycles. The van der Waals surface area contributed by atoms with Gasteiger partial charge in [-0.2, -0.15) is 5.10 Å². The number of aryl methyl sites for hydroxylation is 2. The van der Waals surface area contributed by atoms with Crippen LogP contribution in [0.25, 0.3) is 5.82 Å². The summed E-state index contributed by atoms with van der Waals surface area (Å²) in [4.78, 5) is 23.2. The minimum atomic E-state index is -0.0204. The van der Waals surface area contributed by atoms with Gasteiger partial charge in [0.25, 0.3) is 0 Å². The van der Waals surface area contributed by atoms with E-state index in [4.69, 9.17) is 4.74 Å². The summed E-state index contributed by atoms with van der Waals surface area (Å²) in [6.07, 6.45) is 2.34. The van der Waals surface area contributed by atoms with Crippen molar-refractivity contribution in [3.8, 4) is 11.6 Å². The van der Waals surface area contributed by atoms with E-state index in [1.807, 2.05) is 54.9 Å². The number of methoxy groups -OCH3 is 1. The fourth-order valence-corrected chi connectivity index (χ4v) is 3.58. The third-order valence-electron chi connectivity index (χ3n) is 5.31. The summed E-state index contributed by atoms with van der Waals surface area (Å²) < 4.78 is 6.97. The van der Waals surface area contributed by atoms with Crippen molar-refractivity contribution in [1.82, 2.24) is 25.1 Å². The number of hydrogen-bond acceptors (Lipinski definition) is 6. The van der Waals surface area contributed by atoms with Crippen molar-refractivity contribution in [2.45, 2.75) is 20.3 Å². The zero-order chi connectivity index (χ0) is 21.1. The lowest BCUT2D eigenvalue weighted by atomic mass is 9.99. The highest BCUT2D eigenvalue weighted by Gasteiger charge is 2.33. The number of carbonyl (C=O) groups is 1. The molecule has 0 radical (unpaired) electrons. The molecule has 0 unspecified atom stereocenters. The molecule has 0 atom stereocenters. The van der Waals surface area contributed by atoms with Crippen LogP contribution in [-0.2, 0) is 11.2 Å². The fourth-order valence-electron chi connectivity index (χ4n) is 3.58. The maximum atomic E-state index is 12.4. The lowest BCUT2D eigenvalue weighted by Gasteiger charge is -2.39. The number of anilines is 1. The summed E-state index contributed by atoms with van der Waals surface area (Å²) in [7, 11) is 1.65. The smallest absolute Gasteiger partial charge is 0.226 e. The molecule has 0 spiro atoms. The molecule has 1 aliphatic heterocycles. The quantitative estimate of drug-likeness (QED) is 0.647. The molecular weight excluding hydrogens is 380 g/mol. The normalized spacial score (nSPS) is 13.8. The second kappa shape index (κ2) is 8.52. The summed E-state index contributed by atoms with van der Waals surface area (Å²) in [5.74, 6) is 2.46. The van der Waals surface area contributed by atoms with Gasteiger partial charge in [-0.25, -0.2) is 14.6 Å². The number of nitrogens with one attached hydrogen (secondary N) is 1. The number of benzene rings is 1. The summed E-state index contributed by atoms with van der Waals surface area (Å²) in [6, 6.07) is 11.8. The van der Waals surface area contributed by atoms with E-state index in [2.05, 4.69) is 25.3 Å². The van der Waals surface area contributed by atoms with E-state index < -0.39 is 0 Å². The number of nitrogens with zero attached hydrogens (tertiary/aromatic N) is 5. The molecule has 1 aromatic carbocycles. The maximum absolute atomic E-state index is 12.4. The molecule has 0 saturated carbocycles. The van der Waals surface area contributed by atoms with Crippen LogP contribution in [0.5, 0.6) is 5.75 Å². The van der Waals surface area contributed by atoms with Gasteiger partial charge in [0, 0.05) is 31.4 Å². The highest BCUT2D eigenvalue weighted by Crippen LogP contribution is 2.24. The highest BCUT2D eigenvalue weighted by molar-refractivity contribution is 5.81. The number of aromatic nitrogens is 4. The van der Waals surface area contributed by atoms with Crippen molar-refractivity contribution in [3.63, 3.8) is 0 Å². The van der Waals surface area contributed by atoms with E-state index in [-0.39, 0.29) is 11.8 Å². The van der Waals surface area contributed by atoms with E-state index >= 15 is 0 Å². The molecule has 30 heavy (non-hydrogen) atoms. The Hall–Kier alpha value is -3.42. The minimum Gasteiger partial charge on any atom is -0.497 e. The Bertz CT molecular complexity index is 1020. The first-order chi connectivity index (χ1) is 14.5. The van der Waals surface area contributed by atoms with Gasteiger partial charge in [-0.05, 0) is 44.0 Å². The molecule has 1 N–H and O–H groups in total. The van der Waals surface area contributed by atoms with Crippen molar-refractivity contribution in [2.75, 3.05) is 31.6 Å². The summed E-state index contributed by atoms with van der Waals surface area (Å²) >= 11 is 0. The SMILES string of the molecule is COc1ccc(CCNC(=O)C2CN(c3cc(-n4nc(C)cc4C)ncn3)C2)cc1. The van der Waals surface area contributed by atoms with E-state index in [9.17, 15) is 4.79 Å². The fraction of sp³-hybridized carbons (Fsp3) is 0.364. The topological polar surface area (TPSA) is 85.2 Å². The van der Waals surface area contributed by atoms with Crippen LogP contribution in [0.4, 0.5) is 5.82 Å². The Morgan fingerprint density at radius 2 is 1.87 bits per heavy atom. The second-order valence-electron chi connectivity index (χ2n) is 7.56. The maximum Gasteiger partial charge on any atom is 0.226 e. The molecule has 4 rings (SSSR count). The molecular formula is C22H26N6O2. The predicted molar refractivity (Wildman–Crippen MR) is 114 cm³/mol. The second-order valence-corrected chi connectivity index (χ2v) is 7.56. The molecule has 8 nitrogen and oxygen atoms in total. The summed E-state index contributed by atoms with van der Waals surface area (Å²) in [6.45, 7) is 5.89. The van der Waals surface area contributed by atoms with Gasteiger partial charge in [-0.1, -0.05) is 12.1 Å². The van der Waals surface area contributed by atoms with Gasteiger partial charge in [0.1, 0.15) is 17.9 Å². The van der Waals surface area contributed by atoms with Crippen molar-refractivity contribution in [3.05, 3.63) is 59.7 Å². The molecule has 0 aliphatic carbocycles. The van der Waals surface area contributed by atoms with Gasteiger partial charge in [0.2, 0.25) is 5.91 Å². The molecule has 1 fully saturated rings. The summed E-state index contributed by atoms with van der Waals surface area (Å²) in [5.41, 5.74) is 3.14. The molecule has 3 aromatic rings. The lowest BCUT2D eigenvalue weighted by molar-refractivity contribution is -0.125. The van der Waals surface area contributed by atoms with Crippen LogP contribution < -0.4 is 15.0 Å².